The fourth-order valence-electron chi connectivity index (χ4n) is 3.02. The van der Waals surface area contributed by atoms with E-state index in [4.69, 9.17) is 9.47 Å². The monoisotopic (exact) mass is 376 g/mol. The van der Waals surface area contributed by atoms with Crippen molar-refractivity contribution in [2.45, 2.75) is 26.9 Å². The summed E-state index contributed by atoms with van der Waals surface area (Å²) in [4.78, 5) is 12.7. The van der Waals surface area contributed by atoms with Crippen molar-refractivity contribution in [3.05, 3.63) is 71.3 Å². The van der Waals surface area contributed by atoms with E-state index >= 15 is 0 Å². The summed E-state index contributed by atoms with van der Waals surface area (Å²) < 4.78 is 11.1. The first-order chi connectivity index (χ1) is 13.5. The highest BCUT2D eigenvalue weighted by Crippen LogP contribution is 2.28. The van der Waals surface area contributed by atoms with Gasteiger partial charge in [-0.3, -0.25) is 4.79 Å². The molecule has 0 saturated carbocycles. The average molecular weight is 376 g/mol. The first-order valence-corrected chi connectivity index (χ1v) is 9.16. The number of hydrogen-bond acceptors (Lipinski definition) is 4. The Bertz CT molecular complexity index is 1030. The van der Waals surface area contributed by atoms with Crippen molar-refractivity contribution in [3.8, 4) is 11.5 Å². The van der Waals surface area contributed by atoms with Crippen molar-refractivity contribution < 1.29 is 14.3 Å². The fourth-order valence-corrected chi connectivity index (χ4v) is 3.02. The molecule has 5 heteroatoms. The number of hydrazone groups is 1. The van der Waals surface area contributed by atoms with Gasteiger partial charge >= 0.3 is 0 Å². The molecule has 3 aromatic rings. The van der Waals surface area contributed by atoms with Crippen LogP contribution in [0.25, 0.3) is 10.8 Å². The van der Waals surface area contributed by atoms with Gasteiger partial charge in [-0.2, -0.15) is 5.10 Å². The third-order valence-electron chi connectivity index (χ3n) is 4.29. The molecule has 0 bridgehead atoms. The molecule has 0 aliphatic heterocycles. The number of carbonyl (C=O) groups excluding carboxylic acids is 1. The Morgan fingerprint density at radius 2 is 1.86 bits per heavy atom. The highest BCUT2D eigenvalue weighted by molar-refractivity contribution is 6.08. The molecule has 0 fully saturated rings. The Morgan fingerprint density at radius 1 is 1.07 bits per heavy atom. The molecule has 28 heavy (non-hydrogen) atoms. The number of hydrogen-bond donors (Lipinski definition) is 1. The van der Waals surface area contributed by atoms with Crippen LogP contribution in [0.2, 0.25) is 0 Å². The number of aryl methyl sites for hydroxylation is 1. The Balaban J connectivity index is 1.80. The topological polar surface area (TPSA) is 59.9 Å². The number of fused-ring (bicyclic) bond motifs is 1. The van der Waals surface area contributed by atoms with E-state index in [-0.39, 0.29) is 12.0 Å². The minimum atomic E-state index is -0.238. The Labute approximate surface area is 165 Å². The predicted molar refractivity (Wildman–Crippen MR) is 113 cm³/mol. The molecule has 1 N–H and O–H groups in total. The van der Waals surface area contributed by atoms with Gasteiger partial charge in [-0.15, -0.1) is 0 Å². The summed E-state index contributed by atoms with van der Waals surface area (Å²) >= 11 is 0. The average Bonchev–Trinajstić information content (AvgIpc) is 2.67. The smallest absolute Gasteiger partial charge is 0.272 e. The first-order valence-electron chi connectivity index (χ1n) is 9.16. The molecule has 1 amide bonds. The second kappa shape index (κ2) is 8.57. The normalized spacial score (nSPS) is 11.2. The number of amides is 1. The van der Waals surface area contributed by atoms with Crippen molar-refractivity contribution in [1.82, 2.24) is 5.43 Å². The molecule has 0 spiro atoms. The summed E-state index contributed by atoms with van der Waals surface area (Å²) in [6, 6.07) is 17.3. The zero-order chi connectivity index (χ0) is 20.1. The molecule has 0 saturated heterocycles. The number of rotatable bonds is 6. The van der Waals surface area contributed by atoms with Gasteiger partial charge in [0.15, 0.2) is 11.5 Å². The lowest BCUT2D eigenvalue weighted by Crippen LogP contribution is -2.19. The van der Waals surface area contributed by atoms with E-state index < -0.39 is 0 Å². The van der Waals surface area contributed by atoms with Gasteiger partial charge in [-0.25, -0.2) is 5.43 Å². The minimum Gasteiger partial charge on any atom is -0.493 e. The van der Waals surface area contributed by atoms with Crippen LogP contribution in [0.5, 0.6) is 11.5 Å². The summed E-state index contributed by atoms with van der Waals surface area (Å²) in [7, 11) is 1.60. The molecule has 0 aliphatic rings. The fraction of sp³-hybridized carbons (Fsp3) is 0.217. The molecule has 3 aromatic carbocycles. The van der Waals surface area contributed by atoms with Gasteiger partial charge in [0.2, 0.25) is 0 Å². The number of methoxy groups -OCH3 is 1. The van der Waals surface area contributed by atoms with Gasteiger partial charge in [-0.05, 0) is 60.9 Å². The van der Waals surface area contributed by atoms with Crippen molar-refractivity contribution in [3.63, 3.8) is 0 Å². The van der Waals surface area contributed by atoms with Gasteiger partial charge in [0.25, 0.3) is 5.91 Å². The predicted octanol–water partition coefficient (Wildman–Crippen LogP) is 4.71. The van der Waals surface area contributed by atoms with Crippen LogP contribution in [-0.2, 0) is 0 Å². The maximum absolute atomic E-state index is 12.7. The molecule has 0 aromatic heterocycles. The van der Waals surface area contributed by atoms with Gasteiger partial charge in [0.1, 0.15) is 0 Å². The molecule has 3 rings (SSSR count). The van der Waals surface area contributed by atoms with Gasteiger partial charge < -0.3 is 9.47 Å². The number of nitrogens with zero attached hydrogens (tertiary/aromatic N) is 1. The molecular weight excluding hydrogens is 352 g/mol. The van der Waals surface area contributed by atoms with E-state index in [1.165, 1.54) is 0 Å². The Hall–Kier alpha value is -3.34. The highest BCUT2D eigenvalue weighted by Gasteiger charge is 2.12. The van der Waals surface area contributed by atoms with Crippen LogP contribution in [-0.4, -0.2) is 25.3 Å². The lowest BCUT2D eigenvalue weighted by atomic mass is 9.99. The van der Waals surface area contributed by atoms with E-state index in [2.05, 4.69) is 10.5 Å². The van der Waals surface area contributed by atoms with Gasteiger partial charge in [0.05, 0.1) is 25.0 Å². The largest absolute Gasteiger partial charge is 0.493 e. The third kappa shape index (κ3) is 4.31. The van der Waals surface area contributed by atoms with Crippen LogP contribution in [0.1, 0.15) is 35.3 Å². The number of ether oxygens (including phenoxy) is 2. The summed E-state index contributed by atoms with van der Waals surface area (Å²) in [5, 5.41) is 6.05. The SMILES string of the molecule is COc1ccc(/C=N\NC(=O)c2c(C)ccc3ccccc23)cc1OC(C)C. The molecule has 0 unspecified atom stereocenters. The molecule has 0 heterocycles. The Kier molecular flexibility index (Phi) is 5.94. The van der Waals surface area contributed by atoms with Crippen LogP contribution < -0.4 is 14.9 Å². The van der Waals surface area contributed by atoms with Crippen molar-refractivity contribution in [1.29, 1.82) is 0 Å². The van der Waals surface area contributed by atoms with Crippen molar-refractivity contribution in [2.75, 3.05) is 7.11 Å². The molecular formula is C23H24N2O3. The summed E-state index contributed by atoms with van der Waals surface area (Å²) in [6.45, 7) is 5.82. The van der Waals surface area contributed by atoms with Crippen LogP contribution >= 0.6 is 0 Å². The van der Waals surface area contributed by atoms with Crippen LogP contribution in [0.15, 0.2) is 59.7 Å². The minimum absolute atomic E-state index is 0.0233. The zero-order valence-electron chi connectivity index (χ0n) is 16.5. The van der Waals surface area contributed by atoms with Gasteiger partial charge in [-0.1, -0.05) is 36.4 Å². The van der Waals surface area contributed by atoms with Crippen LogP contribution in [0.4, 0.5) is 0 Å². The first kappa shape index (κ1) is 19.4. The van der Waals surface area contributed by atoms with Crippen molar-refractivity contribution in [2.24, 2.45) is 5.10 Å². The van der Waals surface area contributed by atoms with Crippen LogP contribution in [0, 0.1) is 6.92 Å². The number of benzene rings is 3. The molecule has 5 nitrogen and oxygen atoms in total. The third-order valence-corrected chi connectivity index (χ3v) is 4.29. The lowest BCUT2D eigenvalue weighted by Gasteiger charge is -2.13. The van der Waals surface area contributed by atoms with E-state index in [1.807, 2.05) is 75.4 Å². The van der Waals surface area contributed by atoms with E-state index in [9.17, 15) is 4.79 Å². The highest BCUT2D eigenvalue weighted by atomic mass is 16.5. The second-order valence-electron chi connectivity index (χ2n) is 6.75. The van der Waals surface area contributed by atoms with E-state index in [0.29, 0.717) is 17.1 Å². The second-order valence-corrected chi connectivity index (χ2v) is 6.75. The standard InChI is InChI=1S/C23H24N2O3/c1-15(2)28-21-13-17(10-12-20(21)27-4)14-24-25-23(26)22-16(3)9-11-18-7-5-6-8-19(18)22/h5-15H,1-4H3,(H,25,26)/b24-14-. The summed E-state index contributed by atoms with van der Waals surface area (Å²) in [5.74, 6) is 1.05. The Morgan fingerprint density at radius 3 is 2.61 bits per heavy atom. The summed E-state index contributed by atoms with van der Waals surface area (Å²) in [6.07, 6.45) is 1.61. The lowest BCUT2D eigenvalue weighted by molar-refractivity contribution is 0.0956. The van der Waals surface area contributed by atoms with Crippen molar-refractivity contribution >= 4 is 22.9 Å². The number of nitrogens with one attached hydrogen (secondary N) is 1. The molecule has 0 aliphatic carbocycles. The summed E-state index contributed by atoms with van der Waals surface area (Å²) in [5.41, 5.74) is 4.96. The van der Waals surface area contributed by atoms with E-state index in [0.717, 1.165) is 21.9 Å². The molecule has 144 valence electrons. The quantitative estimate of drug-likeness (QED) is 0.501. The van der Waals surface area contributed by atoms with E-state index in [1.54, 1.807) is 13.3 Å². The van der Waals surface area contributed by atoms with Gasteiger partial charge in [0, 0.05) is 0 Å². The molecule has 0 atom stereocenters. The zero-order valence-corrected chi connectivity index (χ0v) is 16.5. The number of carbonyl (C=O) groups is 1. The molecule has 0 radical (unpaired) electrons. The van der Waals surface area contributed by atoms with Crippen LogP contribution in [0.3, 0.4) is 0 Å². The maximum Gasteiger partial charge on any atom is 0.272 e. The maximum atomic E-state index is 12.7.